The van der Waals surface area contributed by atoms with Crippen LogP contribution in [0.15, 0.2) is 18.3 Å². The minimum absolute atomic E-state index is 0.118. The Bertz CT molecular complexity index is 407. The summed E-state index contributed by atoms with van der Waals surface area (Å²) in [6.07, 6.45) is 3.53. The molecule has 86 valence electrons. The lowest BCUT2D eigenvalue weighted by Gasteiger charge is -2.12. The van der Waals surface area contributed by atoms with Gasteiger partial charge >= 0.3 is 5.82 Å². The lowest BCUT2D eigenvalue weighted by atomic mass is 10.2. The maximum atomic E-state index is 10.7. The fourth-order valence-corrected chi connectivity index (χ4v) is 1.80. The van der Waals surface area contributed by atoms with E-state index >= 15 is 0 Å². The SMILES string of the molecule is O=[N+]([O-])c1ncccc1OCC1(CS)CC1. The van der Waals surface area contributed by atoms with E-state index in [9.17, 15) is 10.1 Å². The molecule has 1 heterocycles. The van der Waals surface area contributed by atoms with Gasteiger partial charge in [0.05, 0.1) is 6.61 Å². The maximum Gasteiger partial charge on any atom is 0.406 e. The van der Waals surface area contributed by atoms with Crippen molar-refractivity contribution >= 4 is 18.4 Å². The first-order valence-corrected chi connectivity index (χ1v) is 5.63. The van der Waals surface area contributed by atoms with E-state index in [1.54, 1.807) is 12.1 Å². The molecule has 1 saturated carbocycles. The van der Waals surface area contributed by atoms with Gasteiger partial charge in [0.15, 0.2) is 0 Å². The highest BCUT2D eigenvalue weighted by atomic mass is 32.1. The molecule has 5 nitrogen and oxygen atoms in total. The Morgan fingerprint density at radius 1 is 1.62 bits per heavy atom. The van der Waals surface area contributed by atoms with E-state index in [0.717, 1.165) is 18.6 Å². The molecule has 0 saturated heterocycles. The summed E-state index contributed by atoms with van der Waals surface area (Å²) in [4.78, 5) is 13.8. The standard InChI is InChI=1S/C10H12N2O3S/c13-12(14)9-8(2-1-5-11-9)15-6-10(7-16)3-4-10/h1-2,5,16H,3-4,6-7H2. The summed E-state index contributed by atoms with van der Waals surface area (Å²) in [5.41, 5.74) is 0.118. The van der Waals surface area contributed by atoms with E-state index in [-0.39, 0.29) is 17.0 Å². The summed E-state index contributed by atoms with van der Waals surface area (Å²) in [5, 5.41) is 10.7. The van der Waals surface area contributed by atoms with Crippen LogP contribution in [0.25, 0.3) is 0 Å². The van der Waals surface area contributed by atoms with Crippen molar-refractivity contribution in [2.45, 2.75) is 12.8 Å². The fraction of sp³-hybridized carbons (Fsp3) is 0.500. The quantitative estimate of drug-likeness (QED) is 0.486. The first-order chi connectivity index (χ1) is 7.67. The second kappa shape index (κ2) is 4.29. The van der Waals surface area contributed by atoms with Gasteiger partial charge in [-0.15, -0.1) is 0 Å². The molecule has 0 aromatic carbocycles. The molecule has 16 heavy (non-hydrogen) atoms. The van der Waals surface area contributed by atoms with E-state index < -0.39 is 4.92 Å². The average molecular weight is 240 g/mol. The Hall–Kier alpha value is -1.30. The monoisotopic (exact) mass is 240 g/mol. The van der Waals surface area contributed by atoms with E-state index in [1.807, 2.05) is 0 Å². The molecule has 0 radical (unpaired) electrons. The van der Waals surface area contributed by atoms with Gasteiger partial charge < -0.3 is 14.9 Å². The second-order valence-electron chi connectivity index (χ2n) is 4.03. The van der Waals surface area contributed by atoms with Crippen LogP contribution in [0.2, 0.25) is 0 Å². The topological polar surface area (TPSA) is 65.3 Å². The molecular formula is C10H12N2O3S. The Morgan fingerprint density at radius 3 is 2.94 bits per heavy atom. The molecule has 1 aliphatic carbocycles. The van der Waals surface area contributed by atoms with Gasteiger partial charge in [0, 0.05) is 5.41 Å². The zero-order valence-corrected chi connectivity index (χ0v) is 9.52. The normalized spacial score (nSPS) is 16.8. The molecule has 0 amide bonds. The largest absolute Gasteiger partial charge is 0.485 e. The first kappa shape index (κ1) is 11.2. The van der Waals surface area contributed by atoms with Crippen molar-refractivity contribution in [3.8, 4) is 5.75 Å². The van der Waals surface area contributed by atoms with Crippen LogP contribution in [0.1, 0.15) is 12.8 Å². The summed E-state index contributed by atoms with van der Waals surface area (Å²) in [7, 11) is 0. The summed E-state index contributed by atoms with van der Waals surface area (Å²) in [6.45, 7) is 0.475. The van der Waals surface area contributed by atoms with Gasteiger partial charge in [-0.3, -0.25) is 0 Å². The number of aromatic nitrogens is 1. The molecule has 0 unspecified atom stereocenters. The van der Waals surface area contributed by atoms with Crippen LogP contribution in [0.4, 0.5) is 5.82 Å². The summed E-state index contributed by atoms with van der Waals surface area (Å²) >= 11 is 4.25. The molecule has 1 fully saturated rings. The van der Waals surface area contributed by atoms with Crippen molar-refractivity contribution in [1.29, 1.82) is 0 Å². The maximum absolute atomic E-state index is 10.7. The van der Waals surface area contributed by atoms with Gasteiger partial charge in [0.1, 0.15) is 6.20 Å². The third-order valence-corrected chi connectivity index (χ3v) is 3.42. The van der Waals surface area contributed by atoms with Gasteiger partial charge in [0.2, 0.25) is 5.75 Å². The Labute approximate surface area is 98.4 Å². The highest BCUT2D eigenvalue weighted by Crippen LogP contribution is 2.46. The Balaban J connectivity index is 2.06. The zero-order chi connectivity index (χ0) is 11.6. The van der Waals surface area contributed by atoms with Crippen molar-refractivity contribution in [1.82, 2.24) is 4.98 Å². The van der Waals surface area contributed by atoms with Gasteiger partial charge in [0.25, 0.3) is 0 Å². The molecule has 2 rings (SSSR count). The number of hydrogen-bond acceptors (Lipinski definition) is 5. The second-order valence-corrected chi connectivity index (χ2v) is 4.35. The van der Waals surface area contributed by atoms with E-state index in [0.29, 0.717) is 6.61 Å². The zero-order valence-electron chi connectivity index (χ0n) is 8.63. The van der Waals surface area contributed by atoms with Crippen LogP contribution in [-0.4, -0.2) is 22.3 Å². The first-order valence-electron chi connectivity index (χ1n) is 5.00. The van der Waals surface area contributed by atoms with Crippen LogP contribution in [0.3, 0.4) is 0 Å². The number of nitrogens with zero attached hydrogens (tertiary/aromatic N) is 2. The third-order valence-electron chi connectivity index (χ3n) is 2.75. The predicted octanol–water partition coefficient (Wildman–Crippen LogP) is 2.08. The predicted molar refractivity (Wildman–Crippen MR) is 61.9 cm³/mol. The van der Waals surface area contributed by atoms with Gasteiger partial charge in [-0.25, -0.2) is 0 Å². The average Bonchev–Trinajstić information content (AvgIpc) is 3.07. The van der Waals surface area contributed by atoms with Gasteiger partial charge in [-0.2, -0.15) is 12.6 Å². The molecule has 0 spiro atoms. The molecule has 6 heteroatoms. The number of ether oxygens (including phenoxy) is 1. The van der Waals surface area contributed by atoms with Crippen LogP contribution in [-0.2, 0) is 0 Å². The number of thiol groups is 1. The third kappa shape index (κ3) is 2.27. The molecule has 0 bridgehead atoms. The van der Waals surface area contributed by atoms with Crippen molar-refractivity contribution in [3.05, 3.63) is 28.4 Å². The molecule has 1 aromatic rings. The minimum atomic E-state index is -0.532. The van der Waals surface area contributed by atoms with E-state index in [4.69, 9.17) is 4.74 Å². The lowest BCUT2D eigenvalue weighted by Crippen LogP contribution is -2.15. The summed E-state index contributed by atoms with van der Waals surface area (Å²) in [6, 6.07) is 3.20. The fourth-order valence-electron chi connectivity index (χ4n) is 1.39. The van der Waals surface area contributed by atoms with Gasteiger partial charge in [-0.1, -0.05) is 0 Å². The number of pyridine rings is 1. The smallest absolute Gasteiger partial charge is 0.406 e. The van der Waals surface area contributed by atoms with Crippen molar-refractivity contribution < 1.29 is 9.66 Å². The van der Waals surface area contributed by atoms with E-state index in [1.165, 1.54) is 6.20 Å². The van der Waals surface area contributed by atoms with E-state index in [2.05, 4.69) is 17.6 Å². The van der Waals surface area contributed by atoms with Crippen LogP contribution in [0, 0.1) is 15.5 Å². The summed E-state index contributed by atoms with van der Waals surface area (Å²) in [5.74, 6) is 0.763. The minimum Gasteiger partial charge on any atom is -0.485 e. The number of hydrogen-bond donors (Lipinski definition) is 1. The van der Waals surface area contributed by atoms with Gasteiger partial charge in [-0.05, 0) is 40.6 Å². The van der Waals surface area contributed by atoms with Crippen molar-refractivity contribution in [3.63, 3.8) is 0 Å². The lowest BCUT2D eigenvalue weighted by molar-refractivity contribution is -0.390. The molecule has 0 atom stereocenters. The highest BCUT2D eigenvalue weighted by Gasteiger charge is 2.42. The van der Waals surface area contributed by atoms with Crippen molar-refractivity contribution in [2.24, 2.45) is 5.41 Å². The number of rotatable bonds is 5. The Kier molecular flexibility index (Phi) is 3.00. The highest BCUT2D eigenvalue weighted by molar-refractivity contribution is 7.80. The van der Waals surface area contributed by atoms with Crippen LogP contribution < -0.4 is 4.74 Å². The molecule has 0 N–H and O–H groups in total. The molecule has 1 aliphatic rings. The molecule has 1 aromatic heterocycles. The molecule has 0 aliphatic heterocycles. The molecular weight excluding hydrogens is 228 g/mol. The Morgan fingerprint density at radius 2 is 2.38 bits per heavy atom. The summed E-state index contributed by atoms with van der Waals surface area (Å²) < 4.78 is 5.46. The van der Waals surface area contributed by atoms with Crippen LogP contribution >= 0.6 is 12.6 Å². The van der Waals surface area contributed by atoms with Crippen molar-refractivity contribution in [2.75, 3.05) is 12.4 Å². The number of nitro groups is 1. The van der Waals surface area contributed by atoms with Crippen LogP contribution in [0.5, 0.6) is 5.75 Å².